The Balaban J connectivity index is 2.18. The van der Waals surface area contributed by atoms with Crippen LogP contribution in [0.4, 0.5) is 5.69 Å². The number of ether oxygens (including phenoxy) is 1. The number of methoxy groups -OCH3 is 1. The van der Waals surface area contributed by atoms with Crippen LogP contribution in [0.5, 0.6) is 0 Å². The largest absolute Gasteiger partial charge is 0.469 e. The molecule has 2 aromatic rings. The van der Waals surface area contributed by atoms with Crippen LogP contribution in [0.3, 0.4) is 0 Å². The standard InChI is InChI=1S/C20H24N2O3/c1-14-5-7-15(8-6-14)18(13-19(23)25-4)21-20(24)16-9-11-17(12-10-16)22(2)3/h5-12,18H,13H2,1-4H3,(H,21,24)/t18-/m0/s1. The molecule has 0 saturated carbocycles. The number of benzene rings is 2. The van der Waals surface area contributed by atoms with E-state index in [9.17, 15) is 9.59 Å². The number of hydrogen-bond acceptors (Lipinski definition) is 4. The van der Waals surface area contributed by atoms with Crippen molar-refractivity contribution in [3.05, 3.63) is 65.2 Å². The van der Waals surface area contributed by atoms with Gasteiger partial charge in [0.25, 0.3) is 5.91 Å². The monoisotopic (exact) mass is 340 g/mol. The van der Waals surface area contributed by atoms with E-state index in [0.29, 0.717) is 5.56 Å². The molecule has 1 amide bonds. The van der Waals surface area contributed by atoms with E-state index in [-0.39, 0.29) is 18.3 Å². The smallest absolute Gasteiger partial charge is 0.307 e. The molecular formula is C20H24N2O3. The van der Waals surface area contributed by atoms with Gasteiger partial charge in [-0.1, -0.05) is 29.8 Å². The maximum Gasteiger partial charge on any atom is 0.307 e. The molecule has 0 aliphatic carbocycles. The number of amides is 1. The maximum atomic E-state index is 12.6. The van der Waals surface area contributed by atoms with Crippen LogP contribution in [0.1, 0.15) is 33.9 Å². The molecule has 5 nitrogen and oxygen atoms in total. The van der Waals surface area contributed by atoms with Crippen molar-refractivity contribution in [2.75, 3.05) is 26.1 Å². The maximum absolute atomic E-state index is 12.6. The fourth-order valence-corrected chi connectivity index (χ4v) is 2.45. The van der Waals surface area contributed by atoms with Crippen LogP contribution in [0.2, 0.25) is 0 Å². The highest BCUT2D eigenvalue weighted by Gasteiger charge is 2.19. The molecule has 0 saturated heterocycles. The number of rotatable bonds is 6. The number of esters is 1. The average molecular weight is 340 g/mol. The summed E-state index contributed by atoms with van der Waals surface area (Å²) in [6.07, 6.45) is 0.0844. The second kappa shape index (κ2) is 8.33. The Morgan fingerprint density at radius 3 is 2.16 bits per heavy atom. The Hall–Kier alpha value is -2.82. The first-order valence-electron chi connectivity index (χ1n) is 8.12. The lowest BCUT2D eigenvalue weighted by Crippen LogP contribution is -2.30. The summed E-state index contributed by atoms with van der Waals surface area (Å²) in [5, 5.41) is 2.93. The number of hydrogen-bond donors (Lipinski definition) is 1. The molecule has 2 rings (SSSR count). The van der Waals surface area contributed by atoms with Crippen LogP contribution in [0.25, 0.3) is 0 Å². The van der Waals surface area contributed by atoms with E-state index in [1.54, 1.807) is 12.1 Å². The summed E-state index contributed by atoms with van der Waals surface area (Å²) in [5.74, 6) is -0.589. The summed E-state index contributed by atoms with van der Waals surface area (Å²) in [4.78, 5) is 26.3. The molecule has 0 fully saturated rings. The van der Waals surface area contributed by atoms with Crippen LogP contribution in [-0.2, 0) is 9.53 Å². The first-order valence-corrected chi connectivity index (χ1v) is 8.12. The molecule has 0 aromatic heterocycles. The van der Waals surface area contributed by atoms with E-state index >= 15 is 0 Å². The van der Waals surface area contributed by atoms with E-state index < -0.39 is 6.04 Å². The van der Waals surface area contributed by atoms with Gasteiger partial charge in [0, 0.05) is 25.3 Å². The zero-order valence-electron chi connectivity index (χ0n) is 15.1. The Kier molecular flexibility index (Phi) is 6.17. The summed E-state index contributed by atoms with van der Waals surface area (Å²) in [7, 11) is 5.23. The number of aryl methyl sites for hydroxylation is 1. The lowest BCUT2D eigenvalue weighted by Gasteiger charge is -2.19. The predicted octanol–water partition coefficient (Wildman–Crippen LogP) is 3.10. The normalized spacial score (nSPS) is 11.5. The van der Waals surface area contributed by atoms with E-state index in [4.69, 9.17) is 4.74 Å². The fourth-order valence-electron chi connectivity index (χ4n) is 2.45. The Morgan fingerprint density at radius 2 is 1.64 bits per heavy atom. The van der Waals surface area contributed by atoms with Crippen LogP contribution < -0.4 is 10.2 Å². The molecule has 2 aromatic carbocycles. The molecule has 1 atom stereocenters. The average Bonchev–Trinajstić information content (AvgIpc) is 2.61. The van der Waals surface area contributed by atoms with Crippen molar-refractivity contribution in [2.24, 2.45) is 0 Å². The van der Waals surface area contributed by atoms with Gasteiger partial charge in [-0.2, -0.15) is 0 Å². The molecule has 0 spiro atoms. The van der Waals surface area contributed by atoms with E-state index in [0.717, 1.165) is 16.8 Å². The molecule has 0 radical (unpaired) electrons. The van der Waals surface area contributed by atoms with Gasteiger partial charge in [0.1, 0.15) is 0 Å². The Bertz CT molecular complexity index is 722. The highest BCUT2D eigenvalue weighted by molar-refractivity contribution is 5.95. The van der Waals surface area contributed by atoms with Crippen molar-refractivity contribution in [3.63, 3.8) is 0 Å². The summed E-state index contributed by atoms with van der Waals surface area (Å²) < 4.78 is 4.76. The summed E-state index contributed by atoms with van der Waals surface area (Å²) in [6.45, 7) is 1.99. The van der Waals surface area contributed by atoms with Crippen molar-refractivity contribution in [1.29, 1.82) is 0 Å². The lowest BCUT2D eigenvalue weighted by atomic mass is 10.0. The Labute approximate surface area is 148 Å². The molecular weight excluding hydrogens is 316 g/mol. The van der Waals surface area contributed by atoms with Crippen molar-refractivity contribution in [1.82, 2.24) is 5.32 Å². The van der Waals surface area contributed by atoms with Gasteiger partial charge in [0.05, 0.1) is 19.6 Å². The van der Waals surface area contributed by atoms with E-state index in [1.165, 1.54) is 7.11 Å². The second-order valence-electron chi connectivity index (χ2n) is 6.16. The van der Waals surface area contributed by atoms with E-state index in [1.807, 2.05) is 62.3 Å². The number of nitrogens with one attached hydrogen (secondary N) is 1. The minimum atomic E-state index is -0.436. The lowest BCUT2D eigenvalue weighted by molar-refractivity contribution is -0.141. The fraction of sp³-hybridized carbons (Fsp3) is 0.300. The van der Waals surface area contributed by atoms with Crippen molar-refractivity contribution >= 4 is 17.6 Å². The molecule has 132 valence electrons. The molecule has 0 bridgehead atoms. The van der Waals surface area contributed by atoms with Gasteiger partial charge in [-0.25, -0.2) is 0 Å². The molecule has 25 heavy (non-hydrogen) atoms. The van der Waals surface area contributed by atoms with Gasteiger partial charge in [-0.05, 0) is 36.8 Å². The van der Waals surface area contributed by atoms with Gasteiger partial charge in [0.2, 0.25) is 0 Å². The summed E-state index contributed by atoms with van der Waals surface area (Å²) >= 11 is 0. The number of nitrogens with zero attached hydrogens (tertiary/aromatic N) is 1. The SMILES string of the molecule is COC(=O)C[C@H](NC(=O)c1ccc(N(C)C)cc1)c1ccc(C)cc1. The van der Waals surface area contributed by atoms with Crippen LogP contribution in [0.15, 0.2) is 48.5 Å². The number of carbonyl (C=O) groups excluding carboxylic acids is 2. The van der Waals surface area contributed by atoms with Gasteiger partial charge in [-0.3, -0.25) is 9.59 Å². The quantitative estimate of drug-likeness (QED) is 0.821. The number of carbonyl (C=O) groups is 2. The number of anilines is 1. The first-order chi connectivity index (χ1) is 11.9. The van der Waals surface area contributed by atoms with Crippen LogP contribution in [0, 0.1) is 6.92 Å². The van der Waals surface area contributed by atoms with E-state index in [2.05, 4.69) is 5.32 Å². The van der Waals surface area contributed by atoms with Gasteiger partial charge in [-0.15, -0.1) is 0 Å². The minimum Gasteiger partial charge on any atom is -0.469 e. The first kappa shape index (κ1) is 18.5. The predicted molar refractivity (Wildman–Crippen MR) is 98.8 cm³/mol. The van der Waals surface area contributed by atoms with Gasteiger partial charge >= 0.3 is 5.97 Å². The second-order valence-corrected chi connectivity index (χ2v) is 6.16. The van der Waals surface area contributed by atoms with Crippen molar-refractivity contribution < 1.29 is 14.3 Å². The molecule has 0 heterocycles. The Morgan fingerprint density at radius 1 is 1.04 bits per heavy atom. The summed E-state index contributed by atoms with van der Waals surface area (Å²) in [6, 6.07) is 14.6. The minimum absolute atomic E-state index is 0.0844. The molecule has 5 heteroatoms. The highest BCUT2D eigenvalue weighted by Crippen LogP contribution is 2.20. The van der Waals surface area contributed by atoms with Crippen LogP contribution >= 0.6 is 0 Å². The summed E-state index contributed by atoms with van der Waals surface area (Å²) in [5.41, 5.74) is 3.55. The molecule has 0 aliphatic rings. The molecule has 1 N–H and O–H groups in total. The van der Waals surface area contributed by atoms with Crippen molar-refractivity contribution in [3.8, 4) is 0 Å². The van der Waals surface area contributed by atoms with Crippen molar-refractivity contribution in [2.45, 2.75) is 19.4 Å². The highest BCUT2D eigenvalue weighted by atomic mass is 16.5. The topological polar surface area (TPSA) is 58.6 Å². The zero-order chi connectivity index (χ0) is 18.4. The van der Waals surface area contributed by atoms with Gasteiger partial charge in [0.15, 0.2) is 0 Å². The molecule has 0 unspecified atom stereocenters. The third kappa shape index (κ3) is 5.08. The molecule has 0 aliphatic heterocycles. The zero-order valence-corrected chi connectivity index (χ0v) is 15.1. The third-order valence-electron chi connectivity index (χ3n) is 4.03. The third-order valence-corrected chi connectivity index (χ3v) is 4.03. The van der Waals surface area contributed by atoms with Crippen LogP contribution in [-0.4, -0.2) is 33.1 Å². The van der Waals surface area contributed by atoms with Gasteiger partial charge < -0.3 is 15.0 Å².